The molecule has 0 amide bonds. The minimum absolute atomic E-state index is 0.807. The number of halogens is 1. The van der Waals surface area contributed by atoms with Crippen molar-refractivity contribution < 1.29 is 4.74 Å². The second-order valence-electron chi connectivity index (χ2n) is 4.96. The van der Waals surface area contributed by atoms with Gasteiger partial charge in [-0.3, -0.25) is 0 Å². The van der Waals surface area contributed by atoms with Crippen molar-refractivity contribution in [2.24, 2.45) is 5.92 Å². The molecule has 112 valence electrons. The van der Waals surface area contributed by atoms with E-state index < -0.39 is 0 Å². The van der Waals surface area contributed by atoms with Crippen LogP contribution in [0.25, 0.3) is 6.08 Å². The van der Waals surface area contributed by atoms with E-state index in [1.807, 2.05) is 23.9 Å². The molecule has 0 fully saturated rings. The minimum atomic E-state index is 0.807. The Kier molecular flexibility index (Phi) is 8.39. The molecule has 1 unspecified atom stereocenters. The zero-order valence-corrected chi connectivity index (χ0v) is 15.1. The Bertz CT molecular complexity index is 431. The van der Waals surface area contributed by atoms with E-state index in [0.717, 1.165) is 21.7 Å². The highest BCUT2D eigenvalue weighted by Gasteiger charge is 2.11. The second-order valence-corrected chi connectivity index (χ2v) is 6.87. The number of ether oxygens (including phenoxy) is 1. The summed E-state index contributed by atoms with van der Waals surface area (Å²) in [7, 11) is 1.69. The molecule has 0 spiro atoms. The molecular formula is C17H25BrOS. The zero-order chi connectivity index (χ0) is 15.0. The maximum atomic E-state index is 5.36. The Morgan fingerprint density at radius 2 is 2.15 bits per heavy atom. The Balaban J connectivity index is 2.74. The summed E-state index contributed by atoms with van der Waals surface area (Å²) in [5.74, 6) is 2.85. The Hall–Kier alpha value is -0.410. The lowest BCUT2D eigenvalue weighted by Crippen LogP contribution is -2.02. The Morgan fingerprint density at radius 1 is 1.40 bits per heavy atom. The van der Waals surface area contributed by atoms with Crippen LogP contribution >= 0.6 is 27.7 Å². The molecule has 0 heterocycles. The number of hydrogen-bond acceptors (Lipinski definition) is 2. The molecule has 0 saturated heterocycles. The van der Waals surface area contributed by atoms with Crippen molar-refractivity contribution in [2.45, 2.75) is 44.4 Å². The van der Waals surface area contributed by atoms with Gasteiger partial charge in [0.2, 0.25) is 0 Å². The third-order valence-electron chi connectivity index (χ3n) is 3.52. The first-order chi connectivity index (χ1) is 9.65. The molecule has 1 aromatic rings. The summed E-state index contributed by atoms with van der Waals surface area (Å²) in [6.07, 6.45) is 7.07. The molecule has 20 heavy (non-hydrogen) atoms. The summed E-state index contributed by atoms with van der Waals surface area (Å²) < 4.78 is 6.47. The van der Waals surface area contributed by atoms with Crippen LogP contribution in [0.1, 0.15) is 45.1 Å². The molecular weight excluding hydrogens is 332 g/mol. The van der Waals surface area contributed by atoms with Crippen molar-refractivity contribution in [3.8, 4) is 5.75 Å². The summed E-state index contributed by atoms with van der Waals surface area (Å²) in [6, 6.07) is 4.19. The predicted octanol–water partition coefficient (Wildman–Crippen LogP) is 6.41. The standard InChI is InChI=1S/C17H25BrOS/c1-5-8-9-13(6-2)12-20-17-10-14(7-3)16(19-4)11-15(17)18/h7,10-11,13H,3,5-6,8-9,12H2,1-2,4H3. The molecule has 0 saturated carbocycles. The van der Waals surface area contributed by atoms with Crippen LogP contribution in [0.2, 0.25) is 0 Å². The van der Waals surface area contributed by atoms with Gasteiger partial charge in [-0.05, 0) is 40.4 Å². The largest absolute Gasteiger partial charge is 0.496 e. The molecule has 0 radical (unpaired) electrons. The van der Waals surface area contributed by atoms with Crippen LogP contribution in [0, 0.1) is 5.92 Å². The van der Waals surface area contributed by atoms with E-state index in [1.54, 1.807) is 7.11 Å². The average molecular weight is 357 g/mol. The van der Waals surface area contributed by atoms with E-state index in [2.05, 4.69) is 42.4 Å². The number of thioether (sulfide) groups is 1. The average Bonchev–Trinajstić information content (AvgIpc) is 2.48. The first kappa shape index (κ1) is 17.6. The van der Waals surface area contributed by atoms with Gasteiger partial charge in [0, 0.05) is 20.7 Å². The first-order valence-corrected chi connectivity index (χ1v) is 9.06. The highest BCUT2D eigenvalue weighted by Crippen LogP contribution is 2.36. The molecule has 0 aliphatic heterocycles. The highest BCUT2D eigenvalue weighted by atomic mass is 79.9. The van der Waals surface area contributed by atoms with Crippen molar-refractivity contribution in [1.82, 2.24) is 0 Å². The molecule has 0 aliphatic rings. The van der Waals surface area contributed by atoms with Crippen molar-refractivity contribution in [3.05, 3.63) is 28.7 Å². The minimum Gasteiger partial charge on any atom is -0.496 e. The molecule has 1 atom stereocenters. The lowest BCUT2D eigenvalue weighted by atomic mass is 10.0. The summed E-state index contributed by atoms with van der Waals surface area (Å²) in [6.45, 7) is 8.41. The lowest BCUT2D eigenvalue weighted by molar-refractivity contribution is 0.413. The maximum absolute atomic E-state index is 5.36. The van der Waals surface area contributed by atoms with E-state index >= 15 is 0 Å². The third kappa shape index (κ3) is 5.17. The number of unbranched alkanes of at least 4 members (excludes halogenated alkanes) is 1. The van der Waals surface area contributed by atoms with Gasteiger partial charge in [0.15, 0.2) is 0 Å². The van der Waals surface area contributed by atoms with Crippen molar-refractivity contribution in [3.63, 3.8) is 0 Å². The normalized spacial score (nSPS) is 12.2. The van der Waals surface area contributed by atoms with Crippen LogP contribution in [0.4, 0.5) is 0 Å². The molecule has 1 aromatic carbocycles. The quantitative estimate of drug-likeness (QED) is 0.472. The fourth-order valence-electron chi connectivity index (χ4n) is 2.10. The van der Waals surface area contributed by atoms with E-state index in [-0.39, 0.29) is 0 Å². The number of rotatable bonds is 9. The summed E-state index contributed by atoms with van der Waals surface area (Å²) >= 11 is 5.57. The van der Waals surface area contributed by atoms with Gasteiger partial charge in [-0.25, -0.2) is 0 Å². The SMILES string of the molecule is C=Cc1cc(SCC(CC)CCCC)c(Br)cc1OC. The summed E-state index contributed by atoms with van der Waals surface area (Å²) in [5.41, 5.74) is 1.06. The third-order valence-corrected chi connectivity index (χ3v) is 5.73. The van der Waals surface area contributed by atoms with Crippen LogP contribution in [0.3, 0.4) is 0 Å². The van der Waals surface area contributed by atoms with Gasteiger partial charge in [-0.15, -0.1) is 11.8 Å². The van der Waals surface area contributed by atoms with Crippen LogP contribution in [-0.2, 0) is 0 Å². The van der Waals surface area contributed by atoms with E-state index in [4.69, 9.17) is 4.74 Å². The van der Waals surface area contributed by atoms with Crippen LogP contribution < -0.4 is 4.74 Å². The van der Waals surface area contributed by atoms with Gasteiger partial charge in [-0.1, -0.05) is 45.8 Å². The van der Waals surface area contributed by atoms with Crippen LogP contribution in [0.5, 0.6) is 5.75 Å². The Morgan fingerprint density at radius 3 is 2.70 bits per heavy atom. The smallest absolute Gasteiger partial charge is 0.127 e. The summed E-state index contributed by atoms with van der Waals surface area (Å²) in [5, 5.41) is 0. The van der Waals surface area contributed by atoms with Gasteiger partial charge in [0.1, 0.15) is 5.75 Å². The fraction of sp³-hybridized carbons (Fsp3) is 0.529. The molecule has 1 nitrogen and oxygen atoms in total. The number of benzene rings is 1. The second kappa shape index (κ2) is 9.51. The van der Waals surface area contributed by atoms with E-state index in [0.29, 0.717) is 0 Å². The molecule has 1 rings (SSSR count). The molecule has 3 heteroatoms. The number of hydrogen-bond donors (Lipinski definition) is 0. The molecule has 0 bridgehead atoms. The van der Waals surface area contributed by atoms with Gasteiger partial charge < -0.3 is 4.74 Å². The van der Waals surface area contributed by atoms with Crippen LogP contribution in [-0.4, -0.2) is 12.9 Å². The summed E-state index contributed by atoms with van der Waals surface area (Å²) in [4.78, 5) is 1.27. The number of methoxy groups -OCH3 is 1. The first-order valence-electron chi connectivity index (χ1n) is 7.28. The van der Waals surface area contributed by atoms with Crippen LogP contribution in [0.15, 0.2) is 28.1 Å². The fourth-order valence-corrected chi connectivity index (χ4v) is 3.99. The highest BCUT2D eigenvalue weighted by molar-refractivity contribution is 9.10. The van der Waals surface area contributed by atoms with E-state index in [1.165, 1.54) is 36.3 Å². The Labute approximate surface area is 136 Å². The molecule has 0 N–H and O–H groups in total. The predicted molar refractivity (Wildman–Crippen MR) is 94.8 cm³/mol. The van der Waals surface area contributed by atoms with Gasteiger partial charge >= 0.3 is 0 Å². The van der Waals surface area contributed by atoms with Crippen molar-refractivity contribution >= 4 is 33.8 Å². The van der Waals surface area contributed by atoms with Gasteiger partial charge in [-0.2, -0.15) is 0 Å². The molecule has 0 aromatic heterocycles. The van der Waals surface area contributed by atoms with Crippen molar-refractivity contribution in [2.75, 3.05) is 12.9 Å². The lowest BCUT2D eigenvalue weighted by Gasteiger charge is -2.15. The molecule has 0 aliphatic carbocycles. The van der Waals surface area contributed by atoms with Gasteiger partial charge in [0.05, 0.1) is 7.11 Å². The van der Waals surface area contributed by atoms with E-state index in [9.17, 15) is 0 Å². The van der Waals surface area contributed by atoms with Gasteiger partial charge in [0.25, 0.3) is 0 Å². The topological polar surface area (TPSA) is 9.23 Å². The monoisotopic (exact) mass is 356 g/mol. The maximum Gasteiger partial charge on any atom is 0.127 e. The zero-order valence-electron chi connectivity index (χ0n) is 12.7. The van der Waals surface area contributed by atoms with Crippen molar-refractivity contribution in [1.29, 1.82) is 0 Å².